The maximum atomic E-state index is 11.5. The first-order valence-corrected chi connectivity index (χ1v) is 5.82. The van der Waals surface area contributed by atoms with Gasteiger partial charge in [0.15, 0.2) is 5.82 Å². The predicted molar refractivity (Wildman–Crippen MR) is 65.2 cm³/mol. The largest absolute Gasteiger partial charge is 0.354 e. The summed E-state index contributed by atoms with van der Waals surface area (Å²) in [5.41, 5.74) is 6.54. The van der Waals surface area contributed by atoms with Gasteiger partial charge in [-0.15, -0.1) is 5.10 Å². The lowest BCUT2D eigenvalue weighted by molar-refractivity contribution is 0.502. The van der Waals surface area contributed by atoms with Crippen LogP contribution in [0, 0.1) is 0 Å². The van der Waals surface area contributed by atoms with Gasteiger partial charge in [0.2, 0.25) is 0 Å². The van der Waals surface area contributed by atoms with Crippen LogP contribution < -0.4 is 16.3 Å². The van der Waals surface area contributed by atoms with Crippen molar-refractivity contribution in [3.63, 3.8) is 0 Å². The van der Waals surface area contributed by atoms with Crippen LogP contribution >= 0.6 is 0 Å². The van der Waals surface area contributed by atoms with Crippen molar-refractivity contribution in [1.29, 1.82) is 0 Å². The molecule has 1 unspecified atom stereocenters. The van der Waals surface area contributed by atoms with Crippen LogP contribution in [-0.4, -0.2) is 33.7 Å². The van der Waals surface area contributed by atoms with E-state index in [4.69, 9.17) is 5.73 Å². The van der Waals surface area contributed by atoms with Gasteiger partial charge in [0.05, 0.1) is 5.52 Å². The summed E-state index contributed by atoms with van der Waals surface area (Å²) in [5, 5.41) is 4.31. The van der Waals surface area contributed by atoms with Crippen LogP contribution in [0.5, 0.6) is 0 Å². The molecule has 2 aromatic rings. The Kier molecular flexibility index (Phi) is 2.36. The number of nitrogens with one attached hydrogen (secondary N) is 1. The molecule has 3 N–H and O–H groups in total. The van der Waals surface area contributed by atoms with E-state index in [1.54, 1.807) is 6.20 Å². The molecule has 0 aliphatic carbocycles. The molecule has 1 aliphatic rings. The zero-order valence-electron chi connectivity index (χ0n) is 9.47. The fourth-order valence-corrected chi connectivity index (χ4v) is 2.30. The van der Waals surface area contributed by atoms with E-state index < -0.39 is 0 Å². The highest BCUT2D eigenvalue weighted by molar-refractivity contribution is 5.56. The number of hydrogen-bond donors (Lipinski definition) is 2. The molecule has 6 nitrogen and oxygen atoms in total. The van der Waals surface area contributed by atoms with Gasteiger partial charge in [-0.2, -0.15) is 4.52 Å². The number of nitrogens with two attached hydrogens (primary N) is 1. The lowest BCUT2D eigenvalue weighted by Gasteiger charge is -2.30. The van der Waals surface area contributed by atoms with E-state index in [9.17, 15) is 4.79 Å². The molecule has 0 radical (unpaired) electrons. The van der Waals surface area contributed by atoms with E-state index in [2.05, 4.69) is 15.0 Å². The lowest BCUT2D eigenvalue weighted by atomic mass is 10.1. The molecule has 6 heteroatoms. The molecular weight excluding hydrogens is 218 g/mol. The van der Waals surface area contributed by atoms with Crippen LogP contribution in [-0.2, 0) is 0 Å². The molecule has 17 heavy (non-hydrogen) atoms. The SMILES string of the molecule is NC1CCCN(c2cc3cc[nH]c(=O)n3n2)C1. The van der Waals surface area contributed by atoms with E-state index in [-0.39, 0.29) is 11.7 Å². The van der Waals surface area contributed by atoms with Gasteiger partial charge in [-0.25, -0.2) is 4.79 Å². The number of H-pyrrole nitrogens is 1. The Morgan fingerprint density at radius 1 is 1.53 bits per heavy atom. The molecule has 1 saturated heterocycles. The number of nitrogens with zero attached hydrogens (tertiary/aromatic N) is 3. The third-order valence-electron chi connectivity index (χ3n) is 3.16. The minimum atomic E-state index is -0.213. The molecule has 3 heterocycles. The van der Waals surface area contributed by atoms with Crippen LogP contribution in [0.4, 0.5) is 5.82 Å². The highest BCUT2D eigenvalue weighted by Crippen LogP contribution is 2.18. The van der Waals surface area contributed by atoms with Crippen LogP contribution in [0.1, 0.15) is 12.8 Å². The van der Waals surface area contributed by atoms with Gasteiger partial charge in [-0.05, 0) is 18.9 Å². The summed E-state index contributed by atoms with van der Waals surface area (Å²) in [7, 11) is 0. The highest BCUT2D eigenvalue weighted by atomic mass is 16.1. The zero-order valence-corrected chi connectivity index (χ0v) is 9.47. The molecule has 1 atom stereocenters. The molecule has 0 amide bonds. The zero-order chi connectivity index (χ0) is 11.8. The van der Waals surface area contributed by atoms with Crippen molar-refractivity contribution in [2.24, 2.45) is 5.73 Å². The topological polar surface area (TPSA) is 79.4 Å². The van der Waals surface area contributed by atoms with E-state index in [0.717, 1.165) is 37.3 Å². The van der Waals surface area contributed by atoms with Gasteiger partial charge in [-0.1, -0.05) is 0 Å². The smallest absolute Gasteiger partial charge is 0.346 e. The highest BCUT2D eigenvalue weighted by Gasteiger charge is 2.19. The van der Waals surface area contributed by atoms with Crippen molar-refractivity contribution < 1.29 is 0 Å². The first kappa shape index (κ1) is 10.3. The molecule has 0 saturated carbocycles. The van der Waals surface area contributed by atoms with Crippen molar-refractivity contribution in [3.05, 3.63) is 28.8 Å². The standard InChI is InChI=1S/C11H15N5O/c12-8-2-1-5-15(7-8)10-6-9-3-4-13-11(17)16(9)14-10/h3-4,6,8H,1-2,5,7,12H2,(H,13,17). The van der Waals surface area contributed by atoms with Crippen molar-refractivity contribution >= 4 is 11.3 Å². The Morgan fingerprint density at radius 2 is 2.41 bits per heavy atom. The molecule has 3 rings (SSSR count). The first-order chi connectivity index (χ1) is 8.24. The Balaban J connectivity index is 2.00. The Labute approximate surface area is 98.0 Å². The second-order valence-corrected chi connectivity index (χ2v) is 4.47. The lowest BCUT2D eigenvalue weighted by Crippen LogP contribution is -2.43. The number of rotatable bonds is 1. The number of anilines is 1. The van der Waals surface area contributed by atoms with Gasteiger partial charge in [-0.3, -0.25) is 0 Å². The summed E-state index contributed by atoms with van der Waals surface area (Å²) in [4.78, 5) is 16.3. The molecule has 0 aromatic carbocycles. The van der Waals surface area contributed by atoms with Crippen LogP contribution in [0.15, 0.2) is 23.1 Å². The second-order valence-electron chi connectivity index (χ2n) is 4.47. The summed E-state index contributed by atoms with van der Waals surface area (Å²) in [6, 6.07) is 3.96. The van der Waals surface area contributed by atoms with Crippen LogP contribution in [0.2, 0.25) is 0 Å². The van der Waals surface area contributed by atoms with Crippen molar-refractivity contribution in [1.82, 2.24) is 14.6 Å². The average Bonchev–Trinajstić information content (AvgIpc) is 2.74. The summed E-state index contributed by atoms with van der Waals surface area (Å²) >= 11 is 0. The quantitative estimate of drug-likeness (QED) is 0.723. The maximum Gasteiger partial charge on any atom is 0.346 e. The first-order valence-electron chi connectivity index (χ1n) is 5.82. The fourth-order valence-electron chi connectivity index (χ4n) is 2.30. The third-order valence-corrected chi connectivity index (χ3v) is 3.16. The summed E-state index contributed by atoms with van der Waals surface area (Å²) in [5.74, 6) is 0.830. The van der Waals surface area contributed by atoms with Crippen LogP contribution in [0.25, 0.3) is 5.52 Å². The fraction of sp³-hybridized carbons (Fsp3) is 0.455. The molecule has 0 bridgehead atoms. The van der Waals surface area contributed by atoms with Gasteiger partial charge in [0.25, 0.3) is 0 Å². The van der Waals surface area contributed by atoms with Gasteiger partial charge >= 0.3 is 5.69 Å². The van der Waals surface area contributed by atoms with E-state index >= 15 is 0 Å². The van der Waals surface area contributed by atoms with Crippen molar-refractivity contribution in [2.75, 3.05) is 18.0 Å². The number of aromatic amines is 1. The minimum absolute atomic E-state index is 0.201. The van der Waals surface area contributed by atoms with Gasteiger partial charge < -0.3 is 15.6 Å². The van der Waals surface area contributed by atoms with E-state index in [1.807, 2.05) is 12.1 Å². The third kappa shape index (κ3) is 1.80. The number of aromatic nitrogens is 3. The Morgan fingerprint density at radius 3 is 3.18 bits per heavy atom. The number of fused-ring (bicyclic) bond motifs is 1. The summed E-state index contributed by atoms with van der Waals surface area (Å²) < 4.78 is 1.38. The van der Waals surface area contributed by atoms with E-state index in [1.165, 1.54) is 4.52 Å². The summed E-state index contributed by atoms with van der Waals surface area (Å²) in [6.45, 7) is 1.76. The normalized spacial score (nSPS) is 21.0. The molecular formula is C11H15N5O. The maximum absolute atomic E-state index is 11.5. The molecule has 1 aliphatic heterocycles. The van der Waals surface area contributed by atoms with Crippen molar-refractivity contribution in [3.8, 4) is 0 Å². The summed E-state index contributed by atoms with van der Waals surface area (Å²) in [6.07, 6.45) is 3.76. The number of hydrogen-bond acceptors (Lipinski definition) is 4. The Bertz CT molecular complexity index is 587. The van der Waals surface area contributed by atoms with Crippen molar-refractivity contribution in [2.45, 2.75) is 18.9 Å². The van der Waals surface area contributed by atoms with Crippen LogP contribution in [0.3, 0.4) is 0 Å². The Hall–Kier alpha value is -1.82. The second kappa shape index (κ2) is 3.89. The van der Waals surface area contributed by atoms with Gasteiger partial charge in [0.1, 0.15) is 0 Å². The number of piperidine rings is 1. The molecule has 0 spiro atoms. The van der Waals surface area contributed by atoms with E-state index in [0.29, 0.717) is 0 Å². The molecule has 2 aromatic heterocycles. The molecule has 1 fully saturated rings. The minimum Gasteiger partial charge on any atom is -0.354 e. The molecule has 90 valence electrons. The van der Waals surface area contributed by atoms with Gasteiger partial charge in [0, 0.05) is 31.4 Å². The monoisotopic (exact) mass is 233 g/mol. The predicted octanol–water partition coefficient (Wildman–Crippen LogP) is -0.0499. The average molecular weight is 233 g/mol.